The minimum Gasteiger partial charge on any atom is -0.478 e. The maximum atomic E-state index is 12.2. The van der Waals surface area contributed by atoms with Gasteiger partial charge in [0.25, 0.3) is 10.0 Å². The molecule has 0 radical (unpaired) electrons. The summed E-state index contributed by atoms with van der Waals surface area (Å²) >= 11 is 0. The molecule has 0 aromatic carbocycles. The van der Waals surface area contributed by atoms with E-state index in [4.69, 9.17) is 5.11 Å². The number of nitrogens with zero attached hydrogens (tertiary/aromatic N) is 2. The molecule has 0 aliphatic carbocycles. The Morgan fingerprint density at radius 1 is 1.35 bits per heavy atom. The summed E-state index contributed by atoms with van der Waals surface area (Å²) in [5.41, 5.74) is 0.699. The van der Waals surface area contributed by atoms with Crippen molar-refractivity contribution in [3.8, 4) is 0 Å². The van der Waals surface area contributed by atoms with Gasteiger partial charge in [0, 0.05) is 6.20 Å². The first kappa shape index (κ1) is 14.0. The van der Waals surface area contributed by atoms with Crippen LogP contribution in [0.5, 0.6) is 0 Å². The van der Waals surface area contributed by atoms with Gasteiger partial charge in [-0.1, -0.05) is 0 Å². The van der Waals surface area contributed by atoms with E-state index >= 15 is 0 Å². The topological polar surface area (TPSA) is 125 Å². The van der Waals surface area contributed by atoms with Crippen LogP contribution in [0.1, 0.15) is 21.7 Å². The minimum atomic E-state index is -3.85. The van der Waals surface area contributed by atoms with Gasteiger partial charge in [0.1, 0.15) is 4.90 Å². The Morgan fingerprint density at radius 2 is 2.05 bits per heavy atom. The number of aromatic amines is 1. The molecule has 0 unspecified atom stereocenters. The van der Waals surface area contributed by atoms with Crippen LogP contribution < -0.4 is 4.72 Å². The molecule has 0 spiro atoms. The number of aromatic nitrogens is 3. The van der Waals surface area contributed by atoms with E-state index < -0.39 is 16.0 Å². The smallest absolute Gasteiger partial charge is 0.337 e. The predicted molar refractivity (Wildman–Crippen MR) is 70.1 cm³/mol. The van der Waals surface area contributed by atoms with E-state index in [9.17, 15) is 13.2 Å². The van der Waals surface area contributed by atoms with E-state index in [-0.39, 0.29) is 16.1 Å². The number of H-pyrrole nitrogens is 1. The molecule has 0 fully saturated rings. The summed E-state index contributed by atoms with van der Waals surface area (Å²) in [5, 5.41) is 15.2. The normalized spacial score (nSPS) is 11.3. The average Bonchev–Trinajstić information content (AvgIpc) is 2.69. The average molecular weight is 296 g/mol. The maximum absolute atomic E-state index is 12.2. The van der Waals surface area contributed by atoms with Gasteiger partial charge in [0.2, 0.25) is 0 Å². The lowest BCUT2D eigenvalue weighted by Crippen LogP contribution is -2.15. The molecule has 0 saturated heterocycles. The molecule has 2 heterocycles. The first-order chi connectivity index (χ1) is 9.31. The lowest BCUT2D eigenvalue weighted by atomic mass is 10.3. The van der Waals surface area contributed by atoms with Crippen molar-refractivity contribution in [3.63, 3.8) is 0 Å². The number of rotatable bonds is 4. The number of carboxylic acids is 1. The zero-order chi connectivity index (χ0) is 14.9. The fourth-order valence-corrected chi connectivity index (χ4v) is 3.16. The number of pyridine rings is 1. The van der Waals surface area contributed by atoms with Gasteiger partial charge in [-0.05, 0) is 19.9 Å². The van der Waals surface area contributed by atoms with E-state index in [1.165, 1.54) is 12.3 Å². The third-order valence-corrected chi connectivity index (χ3v) is 4.21. The molecule has 2 aromatic rings. The van der Waals surface area contributed by atoms with Gasteiger partial charge in [0.15, 0.2) is 0 Å². The highest BCUT2D eigenvalue weighted by molar-refractivity contribution is 7.92. The summed E-state index contributed by atoms with van der Waals surface area (Å²) in [4.78, 5) is 14.5. The Morgan fingerprint density at radius 3 is 2.60 bits per heavy atom. The van der Waals surface area contributed by atoms with Crippen molar-refractivity contribution in [2.45, 2.75) is 18.7 Å². The van der Waals surface area contributed by atoms with Gasteiger partial charge < -0.3 is 5.11 Å². The number of aromatic carboxylic acids is 1. The quantitative estimate of drug-likeness (QED) is 0.770. The van der Waals surface area contributed by atoms with Crippen LogP contribution in [-0.4, -0.2) is 34.7 Å². The molecule has 2 rings (SSSR count). The Kier molecular flexibility index (Phi) is 3.45. The second kappa shape index (κ2) is 4.93. The largest absolute Gasteiger partial charge is 0.478 e. The third kappa shape index (κ3) is 2.62. The predicted octanol–water partition coefficient (Wildman–Crippen LogP) is 0.921. The van der Waals surface area contributed by atoms with Crippen molar-refractivity contribution in [3.05, 3.63) is 35.4 Å². The van der Waals surface area contributed by atoms with Crippen LogP contribution in [0.25, 0.3) is 0 Å². The SMILES string of the molecule is Cc1n[nH]c(C)c1S(=O)(=O)Nc1cncc(C(=O)O)c1. The number of hydrogen-bond donors (Lipinski definition) is 3. The fourth-order valence-electron chi connectivity index (χ4n) is 1.76. The van der Waals surface area contributed by atoms with Crippen LogP contribution >= 0.6 is 0 Å². The lowest BCUT2D eigenvalue weighted by molar-refractivity contribution is 0.0696. The summed E-state index contributed by atoms with van der Waals surface area (Å²) in [6.45, 7) is 3.14. The molecular weight excluding hydrogens is 284 g/mol. The summed E-state index contributed by atoms with van der Waals surface area (Å²) in [6.07, 6.45) is 2.36. The minimum absolute atomic E-state index is 0.0400. The number of carbonyl (C=O) groups is 1. The van der Waals surface area contributed by atoms with E-state index in [1.54, 1.807) is 13.8 Å². The highest BCUT2D eigenvalue weighted by Gasteiger charge is 2.22. The molecule has 9 heteroatoms. The zero-order valence-corrected chi connectivity index (χ0v) is 11.5. The molecule has 8 nitrogen and oxygen atoms in total. The Balaban J connectivity index is 2.39. The zero-order valence-electron chi connectivity index (χ0n) is 10.7. The molecule has 0 atom stereocenters. The van der Waals surface area contributed by atoms with Crippen molar-refractivity contribution < 1.29 is 18.3 Å². The Hall–Kier alpha value is -2.42. The molecule has 2 aromatic heterocycles. The number of carboxylic acid groups (broad SMARTS) is 1. The standard InChI is InChI=1S/C11H12N4O4S/c1-6-10(7(2)14-13-6)20(18,19)15-9-3-8(11(16)17)4-12-5-9/h3-5,15H,1-2H3,(H,13,14)(H,16,17). The fraction of sp³-hybridized carbons (Fsp3) is 0.182. The van der Waals surface area contributed by atoms with Crippen LogP contribution in [0.2, 0.25) is 0 Å². The lowest BCUT2D eigenvalue weighted by Gasteiger charge is -2.08. The molecule has 0 aliphatic heterocycles. The van der Waals surface area contributed by atoms with E-state index in [2.05, 4.69) is 19.9 Å². The highest BCUT2D eigenvalue weighted by atomic mass is 32.2. The van der Waals surface area contributed by atoms with Crippen molar-refractivity contribution >= 4 is 21.7 Å². The molecular formula is C11H12N4O4S. The number of hydrogen-bond acceptors (Lipinski definition) is 5. The first-order valence-corrected chi connectivity index (χ1v) is 7.02. The van der Waals surface area contributed by atoms with Gasteiger partial charge in [-0.25, -0.2) is 13.2 Å². The second-order valence-electron chi connectivity index (χ2n) is 4.14. The van der Waals surface area contributed by atoms with Gasteiger partial charge >= 0.3 is 5.97 Å². The Labute approximate surface area is 114 Å². The molecule has 0 bridgehead atoms. The molecule has 106 valence electrons. The number of sulfonamides is 1. The van der Waals surface area contributed by atoms with Crippen LogP contribution in [0.15, 0.2) is 23.4 Å². The van der Waals surface area contributed by atoms with E-state index in [1.807, 2.05) is 0 Å². The summed E-state index contributed by atoms with van der Waals surface area (Å²) < 4.78 is 26.8. The Bertz CT molecular complexity index is 747. The van der Waals surface area contributed by atoms with Crippen molar-refractivity contribution in [2.75, 3.05) is 4.72 Å². The molecule has 0 saturated carbocycles. The van der Waals surface area contributed by atoms with Gasteiger partial charge in [0.05, 0.1) is 28.8 Å². The highest BCUT2D eigenvalue weighted by Crippen LogP contribution is 2.20. The van der Waals surface area contributed by atoms with Crippen LogP contribution in [-0.2, 0) is 10.0 Å². The first-order valence-electron chi connectivity index (χ1n) is 5.54. The van der Waals surface area contributed by atoms with Gasteiger partial charge in [-0.2, -0.15) is 5.10 Å². The van der Waals surface area contributed by atoms with E-state index in [0.29, 0.717) is 11.4 Å². The van der Waals surface area contributed by atoms with Crippen LogP contribution in [0.3, 0.4) is 0 Å². The molecule has 0 aliphatic rings. The maximum Gasteiger partial charge on any atom is 0.337 e. The van der Waals surface area contributed by atoms with E-state index in [0.717, 1.165) is 6.20 Å². The number of anilines is 1. The summed E-state index contributed by atoms with van der Waals surface area (Å²) in [5.74, 6) is -1.19. The van der Waals surface area contributed by atoms with Crippen molar-refractivity contribution in [2.24, 2.45) is 0 Å². The second-order valence-corrected chi connectivity index (χ2v) is 5.76. The number of nitrogens with one attached hydrogen (secondary N) is 2. The summed E-state index contributed by atoms with van der Waals surface area (Å²) in [6, 6.07) is 1.19. The van der Waals surface area contributed by atoms with Crippen molar-refractivity contribution in [1.29, 1.82) is 0 Å². The summed E-state index contributed by atoms with van der Waals surface area (Å²) in [7, 11) is -3.85. The van der Waals surface area contributed by atoms with Crippen LogP contribution in [0.4, 0.5) is 5.69 Å². The van der Waals surface area contributed by atoms with Gasteiger partial charge in [-0.15, -0.1) is 0 Å². The van der Waals surface area contributed by atoms with Gasteiger partial charge in [-0.3, -0.25) is 14.8 Å². The molecule has 0 amide bonds. The van der Waals surface area contributed by atoms with Crippen molar-refractivity contribution in [1.82, 2.24) is 15.2 Å². The molecule has 3 N–H and O–H groups in total. The molecule has 20 heavy (non-hydrogen) atoms. The monoisotopic (exact) mass is 296 g/mol. The van der Waals surface area contributed by atoms with Crippen LogP contribution in [0, 0.1) is 13.8 Å². The number of aryl methyl sites for hydroxylation is 2. The third-order valence-electron chi connectivity index (χ3n) is 2.57.